The van der Waals surface area contributed by atoms with Crippen molar-refractivity contribution in [3.05, 3.63) is 23.3 Å². The molecule has 0 unspecified atom stereocenters. The Bertz CT molecular complexity index is 420. The van der Waals surface area contributed by atoms with Gasteiger partial charge in [-0.3, -0.25) is 0 Å². The van der Waals surface area contributed by atoms with Crippen molar-refractivity contribution in [3.63, 3.8) is 0 Å². The van der Waals surface area contributed by atoms with Gasteiger partial charge in [-0.25, -0.2) is 9.97 Å². The SMILES string of the molecule is CC(C)C1CCC(c2ncc3c(n2)CNC3)CC1. The molecule has 2 aliphatic rings. The summed E-state index contributed by atoms with van der Waals surface area (Å²) in [5.41, 5.74) is 2.51. The molecule has 3 rings (SSSR count). The molecule has 1 aliphatic carbocycles. The van der Waals surface area contributed by atoms with Crippen molar-refractivity contribution in [2.24, 2.45) is 11.8 Å². The van der Waals surface area contributed by atoms with Crippen LogP contribution in [-0.4, -0.2) is 9.97 Å². The van der Waals surface area contributed by atoms with Gasteiger partial charge in [0, 0.05) is 30.8 Å². The summed E-state index contributed by atoms with van der Waals surface area (Å²) in [4.78, 5) is 9.37. The number of aromatic nitrogens is 2. The molecule has 0 radical (unpaired) electrons. The summed E-state index contributed by atoms with van der Waals surface area (Å²) in [7, 11) is 0. The van der Waals surface area contributed by atoms with Gasteiger partial charge in [0.25, 0.3) is 0 Å². The van der Waals surface area contributed by atoms with Crippen LogP contribution < -0.4 is 5.32 Å². The lowest BCUT2D eigenvalue weighted by Gasteiger charge is -2.30. The van der Waals surface area contributed by atoms with Gasteiger partial charge >= 0.3 is 0 Å². The lowest BCUT2D eigenvalue weighted by molar-refractivity contribution is 0.254. The van der Waals surface area contributed by atoms with Crippen LogP contribution in [-0.2, 0) is 13.1 Å². The second-order valence-corrected chi connectivity index (χ2v) is 6.16. The van der Waals surface area contributed by atoms with Gasteiger partial charge in [-0.05, 0) is 37.5 Å². The summed E-state index contributed by atoms with van der Waals surface area (Å²) >= 11 is 0. The molecule has 3 heteroatoms. The van der Waals surface area contributed by atoms with E-state index in [1.807, 2.05) is 6.20 Å². The summed E-state index contributed by atoms with van der Waals surface area (Å²) in [6, 6.07) is 0. The average Bonchev–Trinajstić information content (AvgIpc) is 2.86. The molecule has 0 bridgehead atoms. The number of nitrogens with one attached hydrogen (secondary N) is 1. The standard InChI is InChI=1S/C15H23N3/c1-10(2)11-3-5-12(6-4-11)15-17-8-13-7-16-9-14(13)18-15/h8,10-12,16H,3-7,9H2,1-2H3. The molecule has 1 aromatic heterocycles. The van der Waals surface area contributed by atoms with Crippen LogP contribution in [0.1, 0.15) is 62.5 Å². The minimum absolute atomic E-state index is 0.603. The Morgan fingerprint density at radius 1 is 1.17 bits per heavy atom. The minimum Gasteiger partial charge on any atom is -0.307 e. The van der Waals surface area contributed by atoms with Gasteiger partial charge in [-0.15, -0.1) is 0 Å². The third-order valence-corrected chi connectivity index (χ3v) is 4.66. The van der Waals surface area contributed by atoms with E-state index in [1.54, 1.807) is 0 Å². The second kappa shape index (κ2) is 4.96. The van der Waals surface area contributed by atoms with Crippen LogP contribution in [0, 0.1) is 11.8 Å². The lowest BCUT2D eigenvalue weighted by atomic mass is 9.76. The maximum Gasteiger partial charge on any atom is 0.131 e. The van der Waals surface area contributed by atoms with E-state index in [9.17, 15) is 0 Å². The maximum atomic E-state index is 4.77. The fraction of sp³-hybridized carbons (Fsp3) is 0.733. The highest BCUT2D eigenvalue weighted by atomic mass is 15.0. The summed E-state index contributed by atoms with van der Waals surface area (Å²) in [6.07, 6.45) is 7.28. The summed E-state index contributed by atoms with van der Waals surface area (Å²) < 4.78 is 0. The summed E-state index contributed by atoms with van der Waals surface area (Å²) in [5.74, 6) is 3.44. The molecule has 0 atom stereocenters. The van der Waals surface area contributed by atoms with E-state index in [4.69, 9.17) is 4.98 Å². The Morgan fingerprint density at radius 3 is 2.67 bits per heavy atom. The van der Waals surface area contributed by atoms with E-state index in [0.29, 0.717) is 5.92 Å². The normalized spacial score (nSPS) is 27.5. The Labute approximate surface area is 109 Å². The van der Waals surface area contributed by atoms with Crippen LogP contribution in [0.5, 0.6) is 0 Å². The first kappa shape index (κ1) is 12.1. The molecule has 1 saturated carbocycles. The monoisotopic (exact) mass is 245 g/mol. The fourth-order valence-electron chi connectivity index (χ4n) is 3.31. The number of fused-ring (bicyclic) bond motifs is 1. The van der Waals surface area contributed by atoms with Gasteiger partial charge in [0.15, 0.2) is 0 Å². The average molecular weight is 245 g/mol. The molecule has 0 amide bonds. The summed E-state index contributed by atoms with van der Waals surface area (Å²) in [5, 5.41) is 3.34. The van der Waals surface area contributed by atoms with E-state index in [2.05, 4.69) is 24.1 Å². The largest absolute Gasteiger partial charge is 0.307 e. The smallest absolute Gasteiger partial charge is 0.131 e. The molecule has 98 valence electrons. The molecular weight excluding hydrogens is 222 g/mol. The first-order chi connectivity index (χ1) is 8.74. The van der Waals surface area contributed by atoms with Gasteiger partial charge in [0.05, 0.1) is 5.69 Å². The maximum absolute atomic E-state index is 4.77. The number of nitrogens with zero attached hydrogens (tertiary/aromatic N) is 2. The zero-order valence-electron chi connectivity index (χ0n) is 11.4. The molecule has 3 nitrogen and oxygen atoms in total. The number of hydrogen-bond donors (Lipinski definition) is 1. The number of rotatable bonds is 2. The molecular formula is C15H23N3. The van der Waals surface area contributed by atoms with E-state index >= 15 is 0 Å². The Balaban J connectivity index is 1.69. The third-order valence-electron chi connectivity index (χ3n) is 4.66. The molecule has 1 aliphatic heterocycles. The molecule has 1 aromatic rings. The Kier molecular flexibility index (Phi) is 3.33. The van der Waals surface area contributed by atoms with Gasteiger partial charge in [0.1, 0.15) is 5.82 Å². The quantitative estimate of drug-likeness (QED) is 0.870. The zero-order valence-corrected chi connectivity index (χ0v) is 11.4. The molecule has 0 saturated heterocycles. The highest BCUT2D eigenvalue weighted by molar-refractivity contribution is 5.22. The van der Waals surface area contributed by atoms with Crippen molar-refractivity contribution >= 4 is 0 Å². The van der Waals surface area contributed by atoms with Crippen molar-refractivity contribution in [2.45, 2.75) is 58.5 Å². The molecule has 2 heterocycles. The Morgan fingerprint density at radius 2 is 1.94 bits per heavy atom. The van der Waals surface area contributed by atoms with Crippen molar-refractivity contribution in [1.82, 2.24) is 15.3 Å². The topological polar surface area (TPSA) is 37.8 Å². The van der Waals surface area contributed by atoms with Gasteiger partial charge in [-0.1, -0.05) is 13.8 Å². The third kappa shape index (κ3) is 2.28. The molecule has 1 fully saturated rings. The van der Waals surface area contributed by atoms with Crippen LogP contribution >= 0.6 is 0 Å². The van der Waals surface area contributed by atoms with Gasteiger partial charge in [-0.2, -0.15) is 0 Å². The molecule has 0 aromatic carbocycles. The lowest BCUT2D eigenvalue weighted by Crippen LogP contribution is -2.19. The van der Waals surface area contributed by atoms with Crippen LogP contribution in [0.2, 0.25) is 0 Å². The van der Waals surface area contributed by atoms with Gasteiger partial charge in [0.2, 0.25) is 0 Å². The molecule has 0 spiro atoms. The highest BCUT2D eigenvalue weighted by Crippen LogP contribution is 2.37. The summed E-state index contributed by atoms with van der Waals surface area (Å²) in [6.45, 7) is 6.56. The number of hydrogen-bond acceptors (Lipinski definition) is 3. The zero-order chi connectivity index (χ0) is 12.5. The van der Waals surface area contributed by atoms with Crippen LogP contribution in [0.3, 0.4) is 0 Å². The molecule has 18 heavy (non-hydrogen) atoms. The van der Waals surface area contributed by atoms with Crippen LogP contribution in [0.25, 0.3) is 0 Å². The first-order valence-electron chi connectivity index (χ1n) is 7.29. The molecule has 1 N–H and O–H groups in total. The highest BCUT2D eigenvalue weighted by Gasteiger charge is 2.26. The predicted molar refractivity (Wildman–Crippen MR) is 72.1 cm³/mol. The van der Waals surface area contributed by atoms with Crippen molar-refractivity contribution in [1.29, 1.82) is 0 Å². The van der Waals surface area contributed by atoms with E-state index in [0.717, 1.165) is 30.7 Å². The van der Waals surface area contributed by atoms with Crippen LogP contribution in [0.15, 0.2) is 6.20 Å². The Hall–Kier alpha value is -0.960. The minimum atomic E-state index is 0.603. The fourth-order valence-corrected chi connectivity index (χ4v) is 3.31. The van der Waals surface area contributed by atoms with Crippen LogP contribution in [0.4, 0.5) is 0 Å². The van der Waals surface area contributed by atoms with Gasteiger partial charge < -0.3 is 5.32 Å². The predicted octanol–water partition coefficient (Wildman–Crippen LogP) is 3.01. The van der Waals surface area contributed by atoms with Crippen molar-refractivity contribution in [3.8, 4) is 0 Å². The van der Waals surface area contributed by atoms with Crippen molar-refractivity contribution < 1.29 is 0 Å². The van der Waals surface area contributed by atoms with Crippen molar-refractivity contribution in [2.75, 3.05) is 0 Å². The first-order valence-corrected chi connectivity index (χ1v) is 7.29. The van der Waals surface area contributed by atoms with E-state index < -0.39 is 0 Å². The second-order valence-electron chi connectivity index (χ2n) is 6.16. The van der Waals surface area contributed by atoms with E-state index in [-0.39, 0.29) is 0 Å². The van der Waals surface area contributed by atoms with E-state index in [1.165, 1.54) is 36.9 Å².